The second-order valence-corrected chi connectivity index (χ2v) is 3.67. The van der Waals surface area contributed by atoms with E-state index in [0.717, 1.165) is 6.07 Å². The predicted octanol–water partition coefficient (Wildman–Crippen LogP) is 4.23. The molecule has 1 rings (SSSR count). The zero-order valence-corrected chi connectivity index (χ0v) is 9.81. The number of halogens is 4. The molecule has 17 heavy (non-hydrogen) atoms. The van der Waals surface area contributed by atoms with Crippen LogP contribution in [-0.2, 0) is 6.18 Å². The summed E-state index contributed by atoms with van der Waals surface area (Å²) in [4.78, 5) is 0. The maximum absolute atomic E-state index is 12.8. The zero-order valence-electron chi connectivity index (χ0n) is 9.05. The molecule has 1 aromatic rings. The smallest absolute Gasteiger partial charge is 0.405 e. The normalized spacial score (nSPS) is 13.4. The van der Waals surface area contributed by atoms with Gasteiger partial charge >= 0.3 is 6.18 Å². The van der Waals surface area contributed by atoms with Crippen LogP contribution in [0.4, 0.5) is 13.2 Å². The Morgan fingerprint density at radius 3 is 2.47 bits per heavy atom. The van der Waals surface area contributed by atoms with E-state index in [1.165, 1.54) is 30.5 Å². The molecule has 5 heteroatoms. The van der Waals surface area contributed by atoms with Gasteiger partial charge in [-0.15, -0.1) is 0 Å². The van der Waals surface area contributed by atoms with Crippen LogP contribution in [0.25, 0.3) is 5.57 Å². The third-order valence-corrected chi connectivity index (χ3v) is 2.51. The fourth-order valence-corrected chi connectivity index (χ4v) is 1.76. The highest BCUT2D eigenvalue weighted by molar-refractivity contribution is 6.32. The minimum Gasteiger partial charge on any atom is -0.405 e. The summed E-state index contributed by atoms with van der Waals surface area (Å²) in [7, 11) is 0. The van der Waals surface area contributed by atoms with E-state index in [0.29, 0.717) is 5.57 Å². The summed E-state index contributed by atoms with van der Waals surface area (Å²) in [5.41, 5.74) is 4.73. The first kappa shape index (κ1) is 13.6. The largest absolute Gasteiger partial charge is 0.417 e. The lowest BCUT2D eigenvalue weighted by atomic mass is 9.99. The van der Waals surface area contributed by atoms with Crippen LogP contribution < -0.4 is 5.73 Å². The van der Waals surface area contributed by atoms with Crippen LogP contribution in [0.5, 0.6) is 0 Å². The molecule has 0 aliphatic rings. The van der Waals surface area contributed by atoms with Crippen molar-refractivity contribution in [3.8, 4) is 0 Å². The molecule has 1 nitrogen and oxygen atoms in total. The average Bonchev–Trinajstić information content (AvgIpc) is 2.25. The number of rotatable bonds is 2. The molecule has 0 aliphatic heterocycles. The molecule has 0 aromatic heterocycles. The summed E-state index contributed by atoms with van der Waals surface area (Å²) in [5, 5.41) is 0.0472. The van der Waals surface area contributed by atoms with Crippen molar-refractivity contribution in [2.75, 3.05) is 0 Å². The summed E-state index contributed by atoms with van der Waals surface area (Å²) in [6.07, 6.45) is -0.355. The molecule has 92 valence electrons. The van der Waals surface area contributed by atoms with E-state index in [1.54, 1.807) is 6.92 Å². The molecule has 0 saturated heterocycles. The van der Waals surface area contributed by atoms with Crippen molar-refractivity contribution in [3.05, 3.63) is 52.7 Å². The van der Waals surface area contributed by atoms with Gasteiger partial charge < -0.3 is 5.73 Å². The Balaban J connectivity index is 3.50. The van der Waals surface area contributed by atoms with Gasteiger partial charge in [-0.25, -0.2) is 0 Å². The standard InChI is InChI=1S/C12H11ClF3N/c1-2-8(6-7-17)11-9(12(14,15)16)4-3-5-10(11)13/h2-7H,17H2,1H3/b7-6-,8-2+. The van der Waals surface area contributed by atoms with Crippen molar-refractivity contribution in [2.24, 2.45) is 5.73 Å². The molecule has 0 aliphatic carbocycles. The Morgan fingerprint density at radius 1 is 1.35 bits per heavy atom. The summed E-state index contributed by atoms with van der Waals surface area (Å²) < 4.78 is 38.5. The van der Waals surface area contributed by atoms with Gasteiger partial charge in [0, 0.05) is 10.6 Å². The van der Waals surface area contributed by atoms with Gasteiger partial charge in [-0.05, 0) is 36.9 Å². The fourth-order valence-electron chi connectivity index (χ4n) is 1.48. The molecular formula is C12H11ClF3N. The van der Waals surface area contributed by atoms with Crippen LogP contribution in [0.1, 0.15) is 18.1 Å². The second-order valence-electron chi connectivity index (χ2n) is 3.26. The first-order valence-electron chi connectivity index (χ1n) is 4.82. The summed E-state index contributed by atoms with van der Waals surface area (Å²) in [6, 6.07) is 3.68. The number of alkyl halides is 3. The molecule has 2 N–H and O–H groups in total. The molecule has 0 unspecified atom stereocenters. The van der Waals surface area contributed by atoms with Crippen LogP contribution in [-0.4, -0.2) is 0 Å². The molecule has 0 heterocycles. The first-order chi connectivity index (χ1) is 7.91. The van der Waals surface area contributed by atoms with E-state index in [-0.39, 0.29) is 10.6 Å². The Morgan fingerprint density at radius 2 is 2.00 bits per heavy atom. The fraction of sp³-hybridized carbons (Fsp3) is 0.167. The molecule has 0 fully saturated rings. The molecular weight excluding hydrogens is 251 g/mol. The van der Waals surface area contributed by atoms with Gasteiger partial charge in [0.15, 0.2) is 0 Å². The highest BCUT2D eigenvalue weighted by atomic mass is 35.5. The zero-order chi connectivity index (χ0) is 13.1. The van der Waals surface area contributed by atoms with E-state index in [4.69, 9.17) is 17.3 Å². The van der Waals surface area contributed by atoms with Crippen molar-refractivity contribution >= 4 is 17.2 Å². The van der Waals surface area contributed by atoms with E-state index in [1.807, 2.05) is 0 Å². The van der Waals surface area contributed by atoms with Crippen molar-refractivity contribution in [1.82, 2.24) is 0 Å². The summed E-state index contributed by atoms with van der Waals surface area (Å²) in [6.45, 7) is 1.62. The van der Waals surface area contributed by atoms with Crippen molar-refractivity contribution in [2.45, 2.75) is 13.1 Å². The Labute approximate surface area is 102 Å². The Bertz CT molecular complexity index is 461. The topological polar surface area (TPSA) is 26.0 Å². The summed E-state index contributed by atoms with van der Waals surface area (Å²) in [5.74, 6) is 0. The molecule has 0 bridgehead atoms. The molecule has 0 spiro atoms. The third-order valence-electron chi connectivity index (χ3n) is 2.19. The highest BCUT2D eigenvalue weighted by Gasteiger charge is 2.34. The second kappa shape index (κ2) is 5.27. The monoisotopic (exact) mass is 261 g/mol. The first-order valence-corrected chi connectivity index (χ1v) is 5.20. The van der Waals surface area contributed by atoms with Gasteiger partial charge in [0.1, 0.15) is 0 Å². The van der Waals surface area contributed by atoms with E-state index >= 15 is 0 Å². The van der Waals surface area contributed by atoms with Crippen LogP contribution in [0.2, 0.25) is 5.02 Å². The van der Waals surface area contributed by atoms with Crippen LogP contribution >= 0.6 is 11.6 Å². The maximum Gasteiger partial charge on any atom is 0.417 e. The van der Waals surface area contributed by atoms with Crippen LogP contribution in [0.3, 0.4) is 0 Å². The van der Waals surface area contributed by atoms with E-state index in [2.05, 4.69) is 0 Å². The summed E-state index contributed by atoms with van der Waals surface area (Å²) >= 11 is 5.83. The lowest BCUT2D eigenvalue weighted by Crippen LogP contribution is -2.09. The van der Waals surface area contributed by atoms with Gasteiger partial charge in [-0.2, -0.15) is 13.2 Å². The van der Waals surface area contributed by atoms with Gasteiger partial charge in [-0.3, -0.25) is 0 Å². The van der Waals surface area contributed by atoms with Gasteiger partial charge in [0.2, 0.25) is 0 Å². The molecule has 0 saturated carbocycles. The molecule has 0 radical (unpaired) electrons. The number of nitrogens with two attached hydrogens (primary N) is 1. The third kappa shape index (κ3) is 3.03. The Hall–Kier alpha value is -1.42. The number of hydrogen-bond donors (Lipinski definition) is 1. The molecule has 0 amide bonds. The number of hydrogen-bond acceptors (Lipinski definition) is 1. The van der Waals surface area contributed by atoms with E-state index < -0.39 is 11.7 Å². The molecule has 1 aromatic carbocycles. The van der Waals surface area contributed by atoms with Crippen molar-refractivity contribution < 1.29 is 13.2 Å². The van der Waals surface area contributed by atoms with Gasteiger partial charge in [-0.1, -0.05) is 23.7 Å². The number of benzene rings is 1. The predicted molar refractivity (Wildman–Crippen MR) is 63.4 cm³/mol. The van der Waals surface area contributed by atoms with Gasteiger partial charge in [0.05, 0.1) is 5.56 Å². The number of allylic oxidation sites excluding steroid dienone is 3. The SMILES string of the molecule is C/C=C(\C=C/N)c1c(Cl)cccc1C(F)(F)F. The van der Waals surface area contributed by atoms with E-state index in [9.17, 15) is 13.2 Å². The van der Waals surface area contributed by atoms with Crippen molar-refractivity contribution in [3.63, 3.8) is 0 Å². The lowest BCUT2D eigenvalue weighted by Gasteiger charge is -2.14. The van der Waals surface area contributed by atoms with Crippen molar-refractivity contribution in [1.29, 1.82) is 0 Å². The minimum absolute atomic E-state index is 0.0472. The van der Waals surface area contributed by atoms with Gasteiger partial charge in [0.25, 0.3) is 0 Å². The maximum atomic E-state index is 12.8. The average molecular weight is 262 g/mol. The Kier molecular flexibility index (Phi) is 4.23. The lowest BCUT2D eigenvalue weighted by molar-refractivity contribution is -0.137. The highest BCUT2D eigenvalue weighted by Crippen LogP contribution is 2.38. The quantitative estimate of drug-likeness (QED) is 0.792. The molecule has 0 atom stereocenters. The van der Waals surface area contributed by atoms with Crippen LogP contribution in [0, 0.1) is 0 Å². The van der Waals surface area contributed by atoms with Crippen LogP contribution in [0.15, 0.2) is 36.6 Å². The minimum atomic E-state index is -4.45.